The summed E-state index contributed by atoms with van der Waals surface area (Å²) in [7, 11) is -0.395. The van der Waals surface area contributed by atoms with Crippen LogP contribution >= 0.6 is 39.1 Å². The summed E-state index contributed by atoms with van der Waals surface area (Å²) in [5.74, 6) is 0.294. The van der Waals surface area contributed by atoms with Crippen molar-refractivity contribution in [3.05, 3.63) is 110 Å². The summed E-state index contributed by atoms with van der Waals surface area (Å²) in [5, 5.41) is 0.553. The highest BCUT2D eigenvalue weighted by Gasteiger charge is 2.52. The number of nitrogens with zero attached hydrogens (tertiary/aromatic N) is 6. The molecule has 1 fully saturated rings. The van der Waals surface area contributed by atoms with E-state index in [-0.39, 0.29) is 49.3 Å². The van der Waals surface area contributed by atoms with E-state index in [1.807, 2.05) is 47.6 Å². The smallest absolute Gasteiger partial charge is 0.476 e. The Balaban J connectivity index is 0.000000257. The van der Waals surface area contributed by atoms with Gasteiger partial charge >= 0.3 is 31.4 Å². The highest BCUT2D eigenvalue weighted by molar-refractivity contribution is 9.10. The Labute approximate surface area is 544 Å². The summed E-state index contributed by atoms with van der Waals surface area (Å²) in [6.07, 6.45) is -3.90. The number of ether oxygens (including phenoxy) is 6. The fraction of sp³-hybridized carbons (Fsp3) is 0.516. The van der Waals surface area contributed by atoms with Crippen molar-refractivity contribution in [2.24, 2.45) is 10.8 Å². The molecule has 0 radical (unpaired) electrons. The Morgan fingerprint density at radius 3 is 1.41 bits per heavy atom. The summed E-state index contributed by atoms with van der Waals surface area (Å²) < 4.78 is 127. The Bertz CT molecular complexity index is 3430. The lowest BCUT2D eigenvalue weighted by atomic mass is 9.77. The van der Waals surface area contributed by atoms with Crippen molar-refractivity contribution in [2.75, 3.05) is 40.6 Å². The van der Waals surface area contributed by atoms with Gasteiger partial charge in [0.15, 0.2) is 11.4 Å². The number of hydrogen-bond acceptors (Lipinski definition) is 14. The number of carbonyl (C=O) groups excluding carboxylic acids is 2. The predicted octanol–water partition coefficient (Wildman–Crippen LogP) is 16.0. The number of halogens is 9. The maximum atomic E-state index is 13.5. The molecule has 2 aromatic carbocycles. The van der Waals surface area contributed by atoms with Gasteiger partial charge in [0, 0.05) is 92.9 Å². The van der Waals surface area contributed by atoms with Gasteiger partial charge < -0.3 is 46.9 Å². The molecule has 0 unspecified atom stereocenters. The molecular formula is C62H82BBrCl2F6N6O10Si2. The van der Waals surface area contributed by atoms with Crippen molar-refractivity contribution in [3.8, 4) is 45.7 Å². The van der Waals surface area contributed by atoms with Crippen LogP contribution in [0, 0.1) is 24.7 Å². The quantitative estimate of drug-likeness (QED) is 0.0272. The number of pyridine rings is 2. The van der Waals surface area contributed by atoms with Crippen molar-refractivity contribution >= 4 is 79.8 Å². The zero-order valence-electron chi connectivity index (χ0n) is 54.3. The number of benzene rings is 2. The van der Waals surface area contributed by atoms with Gasteiger partial charge in [0.05, 0.1) is 46.3 Å². The molecule has 1 saturated heterocycles. The molecule has 0 amide bonds. The number of esters is 2. The first-order chi connectivity index (χ1) is 41.4. The molecule has 28 heteroatoms. The fourth-order valence-corrected chi connectivity index (χ4v) is 10.8. The molecule has 494 valence electrons. The normalized spacial score (nSPS) is 14.3. The summed E-state index contributed by atoms with van der Waals surface area (Å²) in [4.78, 5) is 39.9. The molecule has 7 rings (SSSR count). The molecule has 0 atom stereocenters. The van der Waals surface area contributed by atoms with Gasteiger partial charge in [-0.1, -0.05) is 84.5 Å². The molecule has 1 aliphatic rings. The number of aromatic nitrogens is 6. The molecule has 0 N–H and O–H groups in total. The maximum Gasteiger partial charge on any atom is 0.496 e. The van der Waals surface area contributed by atoms with Crippen LogP contribution < -0.4 is 14.9 Å². The number of imidazole rings is 2. The van der Waals surface area contributed by atoms with Crippen LogP contribution in [-0.2, 0) is 63.7 Å². The van der Waals surface area contributed by atoms with Crippen LogP contribution in [0.5, 0.6) is 11.8 Å². The van der Waals surface area contributed by atoms with Crippen LogP contribution in [0.25, 0.3) is 33.9 Å². The molecule has 0 bridgehead atoms. The van der Waals surface area contributed by atoms with Crippen LogP contribution in [0.4, 0.5) is 26.3 Å². The summed E-state index contributed by atoms with van der Waals surface area (Å²) in [5.41, 5.74) is 0.574. The molecule has 4 aromatic heterocycles. The van der Waals surface area contributed by atoms with Crippen molar-refractivity contribution < 1.29 is 73.7 Å². The molecule has 16 nitrogen and oxygen atoms in total. The summed E-state index contributed by atoms with van der Waals surface area (Å²) in [6.45, 7) is 33.2. The number of carbonyl (C=O) groups is 2. The van der Waals surface area contributed by atoms with Crippen molar-refractivity contribution in [1.29, 1.82) is 0 Å². The second-order valence-corrected chi connectivity index (χ2v) is 39.5. The minimum atomic E-state index is -4.61. The van der Waals surface area contributed by atoms with Crippen LogP contribution in [-0.4, -0.2) is 116 Å². The minimum Gasteiger partial charge on any atom is -0.476 e. The first-order valence-electron chi connectivity index (χ1n) is 28.8. The van der Waals surface area contributed by atoms with Gasteiger partial charge in [-0.25, -0.2) is 19.9 Å². The van der Waals surface area contributed by atoms with Crippen LogP contribution in [0.3, 0.4) is 0 Å². The maximum absolute atomic E-state index is 13.5. The van der Waals surface area contributed by atoms with E-state index in [0.29, 0.717) is 41.1 Å². The third kappa shape index (κ3) is 21.1. The molecule has 6 aromatic rings. The Morgan fingerprint density at radius 2 is 1.03 bits per heavy atom. The van der Waals surface area contributed by atoms with Crippen LogP contribution in [0.2, 0.25) is 61.4 Å². The number of alkyl halides is 6. The molecule has 0 saturated carbocycles. The third-order valence-electron chi connectivity index (χ3n) is 14.6. The average Bonchev–Trinajstić information content (AvgIpc) is 1.62. The summed E-state index contributed by atoms with van der Waals surface area (Å²) >= 11 is 16.1. The van der Waals surface area contributed by atoms with Crippen LogP contribution in [0.1, 0.15) is 77.9 Å². The monoisotopic (exact) mass is 1400 g/mol. The number of rotatable bonds is 22. The standard InChI is InChI=1S/C28H35ClF3N3O4Si.C18H28BNO5.C16H19BrClF3N2OSi/c1-18-12-24(39-16-27(2,3)26(36)37-4)33-14-21(18)19-8-9-20(22(29)13-19)25-34-23(28(30,31)32)15-35(25)17-38-10-11-40(5,6)7;1-12-9-14(23-11-16(2,3)15(21)22-8)20-10-13(12)19-24-17(4,5)18(6,7)25-19;1-25(2,3)7-6-24-10-23-9-14(16(19,20)21)22-15(23)12-5-4-11(17)8-13(12)18/h8-9,12-15H,10-11,16-17H2,1-7H3;9-10H,11H2,1-8H3;4-5,8-9H,6-7,10H2,1-3H3. The first kappa shape index (κ1) is 75.4. The van der Waals surface area contributed by atoms with E-state index in [1.165, 1.54) is 23.4 Å². The lowest BCUT2D eigenvalue weighted by Crippen LogP contribution is -2.41. The number of hydrogen-bond donors (Lipinski definition) is 0. The Kier molecular flexibility index (Phi) is 25.3. The number of aryl methyl sites for hydroxylation is 2. The summed E-state index contributed by atoms with van der Waals surface area (Å²) in [6, 6.07) is 15.4. The van der Waals surface area contributed by atoms with Gasteiger partial charge in [-0.3, -0.25) is 9.59 Å². The van der Waals surface area contributed by atoms with E-state index in [0.717, 1.165) is 56.7 Å². The van der Waals surface area contributed by atoms with Crippen LogP contribution in [0.15, 0.2) is 77.8 Å². The zero-order valence-corrected chi connectivity index (χ0v) is 59.4. The fourth-order valence-electron chi connectivity index (χ4n) is 8.28. The average molecular weight is 1400 g/mol. The van der Waals surface area contributed by atoms with E-state index in [1.54, 1.807) is 82.6 Å². The number of methoxy groups -OCH3 is 2. The Morgan fingerprint density at radius 1 is 0.622 bits per heavy atom. The SMILES string of the molecule is COC(=O)C(C)(C)COc1cc(C)c(-c2ccc(-c3nc(C(F)(F)F)cn3COCC[Si](C)(C)C)c(Cl)c2)cn1.COC(=O)C(C)(C)COc1cc(C)c(B2OC(C)(C)C(C)(C)O2)cn1.C[Si](C)(C)CCOCn1cc(C(F)(F)F)nc1-c1ccc(Br)cc1Cl. The first-order valence-corrected chi connectivity index (χ1v) is 37.8. The second-order valence-electron chi connectivity index (χ2n) is 26.5. The topological polar surface area (TPSA) is 169 Å². The van der Waals surface area contributed by atoms with E-state index >= 15 is 0 Å². The molecular weight excluding hydrogens is 1320 g/mol. The largest absolute Gasteiger partial charge is 0.496 e. The molecule has 0 aliphatic carbocycles. The second kappa shape index (κ2) is 30.2. The van der Waals surface area contributed by atoms with Crippen molar-refractivity contribution in [1.82, 2.24) is 29.1 Å². The van der Waals surface area contributed by atoms with Gasteiger partial charge in [0.2, 0.25) is 11.8 Å². The van der Waals surface area contributed by atoms with E-state index in [9.17, 15) is 35.9 Å². The van der Waals surface area contributed by atoms with Gasteiger partial charge in [0.25, 0.3) is 0 Å². The molecule has 5 heterocycles. The van der Waals surface area contributed by atoms with Gasteiger partial charge in [-0.05, 0) is 128 Å². The van der Waals surface area contributed by atoms with E-state index in [4.69, 9.17) is 60.9 Å². The molecule has 1 aliphatic heterocycles. The molecule has 90 heavy (non-hydrogen) atoms. The van der Waals surface area contributed by atoms with Gasteiger partial charge in [0.1, 0.15) is 38.3 Å². The lowest BCUT2D eigenvalue weighted by molar-refractivity contribution is -0.153. The Hall–Kier alpha value is -5.32. The highest BCUT2D eigenvalue weighted by Crippen LogP contribution is 2.40. The highest BCUT2D eigenvalue weighted by atomic mass is 79.9. The molecule has 0 spiro atoms. The van der Waals surface area contributed by atoms with Gasteiger partial charge in [-0.15, -0.1) is 0 Å². The minimum absolute atomic E-state index is 0.00468. The third-order valence-corrected chi connectivity index (χ3v) is 19.2. The van der Waals surface area contributed by atoms with Gasteiger partial charge in [-0.2, -0.15) is 26.3 Å². The zero-order chi connectivity index (χ0) is 67.8. The van der Waals surface area contributed by atoms with Crippen molar-refractivity contribution in [2.45, 2.75) is 158 Å². The predicted molar refractivity (Wildman–Crippen MR) is 347 cm³/mol. The van der Waals surface area contributed by atoms with E-state index < -0.39 is 75.0 Å². The van der Waals surface area contributed by atoms with E-state index in [2.05, 4.69) is 75.1 Å². The van der Waals surface area contributed by atoms with Crippen molar-refractivity contribution in [3.63, 3.8) is 0 Å². The lowest BCUT2D eigenvalue weighted by Gasteiger charge is -2.32.